The maximum atomic E-state index is 11.7. The normalized spacial score (nSPS) is 23.4. The van der Waals surface area contributed by atoms with Gasteiger partial charge in [-0.25, -0.2) is 5.01 Å². The van der Waals surface area contributed by atoms with Crippen molar-refractivity contribution in [1.82, 2.24) is 15.8 Å². The predicted molar refractivity (Wildman–Crippen MR) is 64.2 cm³/mol. The van der Waals surface area contributed by atoms with E-state index in [0.717, 1.165) is 39.1 Å². The van der Waals surface area contributed by atoms with Crippen molar-refractivity contribution < 1.29 is 9.53 Å². The van der Waals surface area contributed by atoms with Crippen LogP contribution in [-0.2, 0) is 9.53 Å². The molecule has 4 N–H and O–H groups in total. The molecule has 1 aliphatic heterocycles. The number of hydrogen-bond acceptors (Lipinski definition) is 5. The van der Waals surface area contributed by atoms with Gasteiger partial charge in [0.15, 0.2) is 0 Å². The van der Waals surface area contributed by atoms with Gasteiger partial charge < -0.3 is 15.8 Å². The molecular formula is C11H22N4O2. The van der Waals surface area contributed by atoms with Crippen LogP contribution in [0.15, 0.2) is 0 Å². The Morgan fingerprint density at radius 1 is 1.41 bits per heavy atom. The van der Waals surface area contributed by atoms with Gasteiger partial charge in [0.25, 0.3) is 0 Å². The summed E-state index contributed by atoms with van der Waals surface area (Å²) in [7, 11) is 0. The molecule has 0 aromatic rings. The van der Waals surface area contributed by atoms with Gasteiger partial charge in [-0.15, -0.1) is 0 Å². The first-order chi connectivity index (χ1) is 8.28. The first kappa shape index (κ1) is 12.8. The van der Waals surface area contributed by atoms with Crippen LogP contribution in [0.2, 0.25) is 0 Å². The van der Waals surface area contributed by atoms with Gasteiger partial charge in [0.05, 0.1) is 13.2 Å². The smallest absolute Gasteiger partial charge is 0.221 e. The second-order valence-electron chi connectivity index (χ2n) is 4.71. The van der Waals surface area contributed by atoms with Gasteiger partial charge >= 0.3 is 0 Å². The largest absolute Gasteiger partial charge is 0.379 e. The molecule has 1 heterocycles. The lowest BCUT2D eigenvalue weighted by molar-refractivity contribution is -0.122. The SMILES string of the molecule is NCC(CC(=O)NC1CC1)NN1CCOCC1. The topological polar surface area (TPSA) is 79.6 Å². The van der Waals surface area contributed by atoms with Crippen LogP contribution >= 0.6 is 0 Å². The number of carbonyl (C=O) groups excluding carboxylic acids is 1. The third-order valence-electron chi connectivity index (χ3n) is 3.04. The van der Waals surface area contributed by atoms with Crippen LogP contribution in [0.4, 0.5) is 0 Å². The molecule has 0 bridgehead atoms. The van der Waals surface area contributed by atoms with Crippen LogP contribution in [0, 0.1) is 0 Å². The minimum absolute atomic E-state index is 0.0202. The van der Waals surface area contributed by atoms with Crippen LogP contribution in [0.1, 0.15) is 19.3 Å². The lowest BCUT2D eigenvalue weighted by Gasteiger charge is -2.31. The summed E-state index contributed by atoms with van der Waals surface area (Å²) < 4.78 is 5.26. The molecule has 98 valence electrons. The number of nitrogens with one attached hydrogen (secondary N) is 2. The maximum Gasteiger partial charge on any atom is 0.221 e. The molecule has 2 aliphatic rings. The van der Waals surface area contributed by atoms with Gasteiger partial charge in [-0.05, 0) is 12.8 Å². The fraction of sp³-hybridized carbons (Fsp3) is 0.909. The number of carbonyl (C=O) groups is 1. The van der Waals surface area contributed by atoms with Gasteiger partial charge in [-0.1, -0.05) is 0 Å². The Bertz CT molecular complexity index is 252. The number of amides is 1. The quantitative estimate of drug-likeness (QED) is 0.546. The third kappa shape index (κ3) is 4.59. The molecule has 0 aromatic heterocycles. The fourth-order valence-electron chi connectivity index (χ4n) is 1.87. The molecule has 2 fully saturated rings. The van der Waals surface area contributed by atoms with Crippen molar-refractivity contribution in [3.63, 3.8) is 0 Å². The summed E-state index contributed by atoms with van der Waals surface area (Å²) >= 11 is 0. The summed E-state index contributed by atoms with van der Waals surface area (Å²) in [6, 6.07) is 0.441. The van der Waals surface area contributed by atoms with Gasteiger partial charge in [0, 0.05) is 38.1 Å². The highest BCUT2D eigenvalue weighted by molar-refractivity contribution is 5.77. The number of rotatable bonds is 6. The monoisotopic (exact) mass is 242 g/mol. The van der Waals surface area contributed by atoms with E-state index in [9.17, 15) is 4.79 Å². The van der Waals surface area contributed by atoms with E-state index < -0.39 is 0 Å². The summed E-state index contributed by atoms with van der Waals surface area (Å²) in [4.78, 5) is 11.7. The first-order valence-electron chi connectivity index (χ1n) is 6.36. The summed E-state index contributed by atoms with van der Waals surface area (Å²) in [5.41, 5.74) is 8.98. The molecule has 0 aromatic carbocycles. The Labute approximate surface area is 102 Å². The Kier molecular flexibility index (Phi) is 4.73. The molecule has 2 rings (SSSR count). The molecule has 0 radical (unpaired) electrons. The zero-order valence-corrected chi connectivity index (χ0v) is 10.2. The zero-order chi connectivity index (χ0) is 12.1. The number of hydrazine groups is 1. The van der Waals surface area contributed by atoms with Crippen molar-refractivity contribution in [3.05, 3.63) is 0 Å². The van der Waals surface area contributed by atoms with Crippen molar-refractivity contribution in [2.45, 2.75) is 31.3 Å². The molecule has 1 amide bonds. The van der Waals surface area contributed by atoms with Crippen molar-refractivity contribution in [3.8, 4) is 0 Å². The van der Waals surface area contributed by atoms with E-state index in [-0.39, 0.29) is 11.9 Å². The minimum atomic E-state index is 0.0202. The second-order valence-corrected chi connectivity index (χ2v) is 4.71. The summed E-state index contributed by atoms with van der Waals surface area (Å²) in [5, 5.41) is 5.07. The number of morpholine rings is 1. The molecule has 1 aliphatic carbocycles. The molecular weight excluding hydrogens is 220 g/mol. The standard InChI is InChI=1S/C11H22N4O2/c12-8-10(7-11(16)13-9-1-2-9)14-15-3-5-17-6-4-15/h9-10,14H,1-8,12H2,(H,13,16). The van der Waals surface area contributed by atoms with Crippen LogP contribution in [0.3, 0.4) is 0 Å². The van der Waals surface area contributed by atoms with Crippen LogP contribution in [0.5, 0.6) is 0 Å². The van der Waals surface area contributed by atoms with Crippen molar-refractivity contribution in [2.24, 2.45) is 5.73 Å². The Balaban J connectivity index is 1.68. The predicted octanol–water partition coefficient (Wildman–Crippen LogP) is -1.18. The van der Waals surface area contributed by atoms with E-state index >= 15 is 0 Å². The summed E-state index contributed by atoms with van der Waals surface area (Å²) in [6.07, 6.45) is 2.69. The van der Waals surface area contributed by atoms with Gasteiger partial charge in [-0.3, -0.25) is 10.2 Å². The first-order valence-corrected chi connectivity index (χ1v) is 6.36. The van der Waals surface area contributed by atoms with Crippen LogP contribution < -0.4 is 16.5 Å². The molecule has 6 nitrogen and oxygen atoms in total. The number of nitrogens with zero attached hydrogens (tertiary/aromatic N) is 1. The maximum absolute atomic E-state index is 11.7. The van der Waals surface area contributed by atoms with Gasteiger partial charge in [0.1, 0.15) is 0 Å². The van der Waals surface area contributed by atoms with Crippen LogP contribution in [0.25, 0.3) is 0 Å². The molecule has 1 saturated heterocycles. The average molecular weight is 242 g/mol. The van der Waals surface area contributed by atoms with E-state index in [0.29, 0.717) is 19.0 Å². The van der Waals surface area contributed by atoms with Crippen molar-refractivity contribution in [1.29, 1.82) is 0 Å². The second kappa shape index (κ2) is 6.30. The van der Waals surface area contributed by atoms with E-state index in [1.807, 2.05) is 0 Å². The number of ether oxygens (including phenoxy) is 1. The van der Waals surface area contributed by atoms with E-state index in [4.69, 9.17) is 10.5 Å². The molecule has 6 heteroatoms. The van der Waals surface area contributed by atoms with Crippen molar-refractivity contribution >= 4 is 5.91 Å². The number of hydrogen-bond donors (Lipinski definition) is 3. The highest BCUT2D eigenvalue weighted by Crippen LogP contribution is 2.18. The lowest BCUT2D eigenvalue weighted by atomic mass is 10.2. The zero-order valence-electron chi connectivity index (χ0n) is 10.2. The third-order valence-corrected chi connectivity index (χ3v) is 3.04. The summed E-state index contributed by atoms with van der Waals surface area (Å²) in [5.74, 6) is 0.101. The lowest BCUT2D eigenvalue weighted by Crippen LogP contribution is -2.53. The average Bonchev–Trinajstić information content (AvgIpc) is 3.13. The minimum Gasteiger partial charge on any atom is -0.379 e. The van der Waals surface area contributed by atoms with E-state index in [1.165, 1.54) is 0 Å². The molecule has 1 unspecified atom stereocenters. The molecule has 1 saturated carbocycles. The van der Waals surface area contributed by atoms with Crippen molar-refractivity contribution in [2.75, 3.05) is 32.8 Å². The Morgan fingerprint density at radius 3 is 2.71 bits per heavy atom. The Hall–Kier alpha value is -0.690. The van der Waals surface area contributed by atoms with Crippen LogP contribution in [-0.4, -0.2) is 55.8 Å². The Morgan fingerprint density at radius 2 is 2.12 bits per heavy atom. The highest BCUT2D eigenvalue weighted by atomic mass is 16.5. The molecule has 0 spiro atoms. The summed E-state index contributed by atoms with van der Waals surface area (Å²) in [6.45, 7) is 3.63. The number of nitrogens with two attached hydrogens (primary N) is 1. The van der Waals surface area contributed by atoms with E-state index in [2.05, 4.69) is 15.8 Å². The molecule has 17 heavy (non-hydrogen) atoms. The molecule has 1 atom stereocenters. The van der Waals surface area contributed by atoms with E-state index in [1.54, 1.807) is 0 Å². The fourth-order valence-corrected chi connectivity index (χ4v) is 1.87. The van der Waals surface area contributed by atoms with Gasteiger partial charge in [0.2, 0.25) is 5.91 Å². The highest BCUT2D eigenvalue weighted by Gasteiger charge is 2.25. The van der Waals surface area contributed by atoms with Gasteiger partial charge in [-0.2, -0.15) is 0 Å².